The summed E-state index contributed by atoms with van der Waals surface area (Å²) in [5.74, 6) is 0. The number of halogens is 1. The average molecular weight is 362 g/mol. The summed E-state index contributed by atoms with van der Waals surface area (Å²) in [5, 5.41) is 0. The Labute approximate surface area is 160 Å². The van der Waals surface area contributed by atoms with Crippen molar-refractivity contribution in [2.75, 3.05) is 14.1 Å². The molecule has 0 aliphatic carbocycles. The molecule has 0 radical (unpaired) electrons. The fraction of sp³-hybridized carbons (Fsp3) is 1.00. The lowest BCUT2D eigenvalue weighted by Gasteiger charge is -2.19. The van der Waals surface area contributed by atoms with E-state index in [1.165, 1.54) is 109 Å². The SMILES string of the molecule is CCCCCCCCCCCCCCCCCC(CC)[NH+](C)C.[Cl-]. The maximum Gasteiger partial charge on any atom is 0.0867 e. The Balaban J connectivity index is 0. The Hall–Kier alpha value is 0.250. The molecule has 0 fully saturated rings. The van der Waals surface area contributed by atoms with Gasteiger partial charge in [0.1, 0.15) is 0 Å². The van der Waals surface area contributed by atoms with E-state index in [1.54, 1.807) is 4.90 Å². The van der Waals surface area contributed by atoms with Gasteiger partial charge in [-0.25, -0.2) is 0 Å². The third kappa shape index (κ3) is 18.6. The zero-order chi connectivity index (χ0) is 17.2. The van der Waals surface area contributed by atoms with Gasteiger partial charge in [-0.15, -0.1) is 0 Å². The second-order valence-electron chi connectivity index (χ2n) is 7.92. The van der Waals surface area contributed by atoms with E-state index in [-0.39, 0.29) is 12.4 Å². The summed E-state index contributed by atoms with van der Waals surface area (Å²) in [4.78, 5) is 1.64. The molecule has 0 saturated carbocycles. The van der Waals surface area contributed by atoms with Gasteiger partial charge in [-0.1, -0.05) is 104 Å². The van der Waals surface area contributed by atoms with Crippen LogP contribution in [-0.4, -0.2) is 20.1 Å². The summed E-state index contributed by atoms with van der Waals surface area (Å²) in [6, 6.07) is 0.886. The molecule has 1 nitrogen and oxygen atoms in total. The molecule has 1 N–H and O–H groups in total. The van der Waals surface area contributed by atoms with Gasteiger partial charge in [-0.05, 0) is 19.3 Å². The van der Waals surface area contributed by atoms with E-state index < -0.39 is 0 Å². The normalized spacial score (nSPS) is 12.4. The second kappa shape index (κ2) is 21.3. The topological polar surface area (TPSA) is 4.44 Å². The monoisotopic (exact) mass is 361 g/mol. The highest BCUT2D eigenvalue weighted by molar-refractivity contribution is 4.54. The summed E-state index contributed by atoms with van der Waals surface area (Å²) in [6.45, 7) is 4.63. The van der Waals surface area contributed by atoms with Crippen molar-refractivity contribution in [3.05, 3.63) is 0 Å². The predicted octanol–water partition coefficient (Wildman–Crippen LogP) is 3.18. The lowest BCUT2D eigenvalue weighted by atomic mass is 10.0. The van der Waals surface area contributed by atoms with Gasteiger partial charge in [-0.3, -0.25) is 0 Å². The van der Waals surface area contributed by atoms with Crippen LogP contribution in [0, 0.1) is 0 Å². The molecular formula is C22H48ClN. The standard InChI is InChI=1S/C22H47N.ClH/c1-5-7-8-9-10-11-12-13-14-15-16-17-18-19-20-21-22(6-2)23(3)4;/h22H,5-21H2,1-4H3;1H. The minimum absolute atomic E-state index is 0. The number of unbranched alkanes of at least 4 members (excludes halogenated alkanes) is 14. The van der Waals surface area contributed by atoms with E-state index >= 15 is 0 Å². The van der Waals surface area contributed by atoms with Gasteiger partial charge >= 0.3 is 0 Å². The van der Waals surface area contributed by atoms with E-state index in [2.05, 4.69) is 27.9 Å². The molecule has 0 saturated heterocycles. The van der Waals surface area contributed by atoms with E-state index in [0.29, 0.717) is 0 Å². The van der Waals surface area contributed by atoms with Crippen molar-refractivity contribution < 1.29 is 17.3 Å². The maximum atomic E-state index is 2.34. The molecule has 0 aromatic rings. The Bertz CT molecular complexity index is 218. The van der Waals surface area contributed by atoms with Crippen molar-refractivity contribution in [3.8, 4) is 0 Å². The Kier molecular flexibility index (Phi) is 23.5. The third-order valence-electron chi connectivity index (χ3n) is 5.47. The van der Waals surface area contributed by atoms with Gasteiger partial charge in [0.15, 0.2) is 0 Å². The Morgan fingerprint density at radius 2 is 0.875 bits per heavy atom. The van der Waals surface area contributed by atoms with Crippen molar-refractivity contribution in [1.29, 1.82) is 0 Å². The van der Waals surface area contributed by atoms with Crippen molar-refractivity contribution in [1.82, 2.24) is 0 Å². The van der Waals surface area contributed by atoms with Crippen molar-refractivity contribution in [3.63, 3.8) is 0 Å². The summed E-state index contributed by atoms with van der Waals surface area (Å²) in [5.41, 5.74) is 0. The zero-order valence-electron chi connectivity index (χ0n) is 17.5. The third-order valence-corrected chi connectivity index (χ3v) is 5.47. The van der Waals surface area contributed by atoms with Crippen LogP contribution < -0.4 is 17.3 Å². The molecule has 0 aliphatic heterocycles. The fourth-order valence-electron chi connectivity index (χ4n) is 3.66. The van der Waals surface area contributed by atoms with Crippen LogP contribution in [0.15, 0.2) is 0 Å². The molecule has 0 aliphatic rings. The largest absolute Gasteiger partial charge is 1.00 e. The lowest BCUT2D eigenvalue weighted by molar-refractivity contribution is -0.886. The fourth-order valence-corrected chi connectivity index (χ4v) is 3.66. The Morgan fingerprint density at radius 1 is 0.542 bits per heavy atom. The van der Waals surface area contributed by atoms with Crippen LogP contribution in [-0.2, 0) is 0 Å². The number of rotatable bonds is 18. The summed E-state index contributed by atoms with van der Waals surface area (Å²) < 4.78 is 0. The molecule has 1 atom stereocenters. The van der Waals surface area contributed by atoms with Gasteiger partial charge < -0.3 is 17.3 Å². The van der Waals surface area contributed by atoms with E-state index in [0.717, 1.165) is 6.04 Å². The van der Waals surface area contributed by atoms with Crippen LogP contribution in [0.5, 0.6) is 0 Å². The number of nitrogens with one attached hydrogen (secondary N) is 1. The number of hydrogen-bond acceptors (Lipinski definition) is 0. The molecule has 0 spiro atoms. The molecular weight excluding hydrogens is 314 g/mol. The molecule has 0 aromatic heterocycles. The summed E-state index contributed by atoms with van der Waals surface area (Å²) in [7, 11) is 4.61. The van der Waals surface area contributed by atoms with Crippen molar-refractivity contribution in [2.45, 2.75) is 129 Å². The highest BCUT2D eigenvalue weighted by Gasteiger charge is 2.10. The molecule has 0 rings (SSSR count). The second-order valence-corrected chi connectivity index (χ2v) is 7.92. The zero-order valence-corrected chi connectivity index (χ0v) is 18.2. The first-order chi connectivity index (χ1) is 11.2. The van der Waals surface area contributed by atoms with Gasteiger partial charge in [0.2, 0.25) is 0 Å². The first-order valence-electron chi connectivity index (χ1n) is 11.0. The molecule has 0 heterocycles. The smallest absolute Gasteiger partial charge is 0.0867 e. The van der Waals surface area contributed by atoms with Crippen LogP contribution in [0.3, 0.4) is 0 Å². The van der Waals surface area contributed by atoms with Crippen molar-refractivity contribution >= 4 is 0 Å². The molecule has 1 unspecified atom stereocenters. The highest BCUT2D eigenvalue weighted by atomic mass is 35.5. The highest BCUT2D eigenvalue weighted by Crippen LogP contribution is 2.14. The summed E-state index contributed by atoms with van der Waals surface area (Å²) >= 11 is 0. The van der Waals surface area contributed by atoms with Crippen LogP contribution in [0.2, 0.25) is 0 Å². The molecule has 0 aromatic carbocycles. The number of quaternary nitrogens is 1. The van der Waals surface area contributed by atoms with E-state index in [9.17, 15) is 0 Å². The van der Waals surface area contributed by atoms with Crippen LogP contribution in [0.1, 0.15) is 123 Å². The van der Waals surface area contributed by atoms with E-state index in [4.69, 9.17) is 0 Å². The molecule has 148 valence electrons. The first-order valence-corrected chi connectivity index (χ1v) is 11.0. The van der Waals surface area contributed by atoms with Crippen LogP contribution in [0.4, 0.5) is 0 Å². The first kappa shape index (κ1) is 26.5. The quantitative estimate of drug-likeness (QED) is 0.358. The maximum absolute atomic E-state index is 2.34. The molecule has 24 heavy (non-hydrogen) atoms. The summed E-state index contributed by atoms with van der Waals surface area (Å²) in [6.07, 6.45) is 24.7. The molecule has 0 bridgehead atoms. The van der Waals surface area contributed by atoms with Crippen LogP contribution >= 0.6 is 0 Å². The lowest BCUT2D eigenvalue weighted by Crippen LogP contribution is -3.09. The van der Waals surface area contributed by atoms with Gasteiger partial charge in [0, 0.05) is 0 Å². The Morgan fingerprint density at radius 3 is 1.17 bits per heavy atom. The molecule has 2 heteroatoms. The van der Waals surface area contributed by atoms with Crippen molar-refractivity contribution in [2.24, 2.45) is 0 Å². The molecule has 0 amide bonds. The minimum atomic E-state index is 0. The average Bonchev–Trinajstić information content (AvgIpc) is 2.54. The van der Waals surface area contributed by atoms with E-state index in [1.807, 2.05) is 0 Å². The van der Waals surface area contributed by atoms with Gasteiger partial charge in [-0.2, -0.15) is 0 Å². The number of hydrogen-bond donors (Lipinski definition) is 1. The van der Waals surface area contributed by atoms with Gasteiger partial charge in [0.05, 0.1) is 20.1 Å². The van der Waals surface area contributed by atoms with Crippen LogP contribution in [0.25, 0.3) is 0 Å². The minimum Gasteiger partial charge on any atom is -1.00 e. The predicted molar refractivity (Wildman–Crippen MR) is 106 cm³/mol. The van der Waals surface area contributed by atoms with Gasteiger partial charge in [0.25, 0.3) is 0 Å².